The highest BCUT2D eigenvalue weighted by atomic mass is 32.1. The quantitative estimate of drug-likeness (QED) is 0.693. The fraction of sp³-hybridized carbons (Fsp3) is 0.400. The molecule has 0 saturated carbocycles. The molecule has 0 aromatic heterocycles. The van der Waals surface area contributed by atoms with Crippen LogP contribution in [0.1, 0.15) is 11.7 Å². The van der Waals surface area contributed by atoms with E-state index in [0.29, 0.717) is 6.61 Å². The molecule has 1 aromatic rings. The van der Waals surface area contributed by atoms with Crippen molar-refractivity contribution >= 4 is 12.6 Å². The van der Waals surface area contributed by atoms with Crippen LogP contribution in [0.2, 0.25) is 0 Å². The summed E-state index contributed by atoms with van der Waals surface area (Å²) in [5, 5.41) is 0.125. The van der Waals surface area contributed by atoms with E-state index in [-0.39, 0.29) is 11.4 Å². The smallest absolute Gasteiger partial charge is 0.125 e. The number of benzene rings is 1. The summed E-state index contributed by atoms with van der Waals surface area (Å²) < 4.78 is 10.9. The fourth-order valence-electron chi connectivity index (χ4n) is 1.60. The Morgan fingerprint density at radius 2 is 2.23 bits per heavy atom. The second kappa shape index (κ2) is 3.60. The molecule has 0 N–H and O–H groups in total. The van der Waals surface area contributed by atoms with Crippen LogP contribution in [0.4, 0.5) is 0 Å². The zero-order chi connectivity index (χ0) is 9.26. The summed E-state index contributed by atoms with van der Waals surface area (Å²) in [5.74, 6) is 0.916. The molecular formula is C10H12O2S. The monoisotopic (exact) mass is 196 g/mol. The highest BCUT2D eigenvalue weighted by Crippen LogP contribution is 2.35. The summed E-state index contributed by atoms with van der Waals surface area (Å²) in [6, 6.07) is 7.93. The molecule has 0 fully saturated rings. The van der Waals surface area contributed by atoms with E-state index in [9.17, 15) is 0 Å². The van der Waals surface area contributed by atoms with Gasteiger partial charge in [0, 0.05) is 12.7 Å². The lowest BCUT2D eigenvalue weighted by Gasteiger charge is -2.29. The average Bonchev–Trinajstić information content (AvgIpc) is 2.18. The second-order valence-corrected chi connectivity index (χ2v) is 3.74. The highest BCUT2D eigenvalue weighted by molar-refractivity contribution is 7.81. The van der Waals surface area contributed by atoms with Gasteiger partial charge in [-0.25, -0.2) is 0 Å². The van der Waals surface area contributed by atoms with E-state index in [0.717, 1.165) is 11.3 Å². The zero-order valence-electron chi connectivity index (χ0n) is 7.43. The minimum atomic E-state index is 0.0493. The van der Waals surface area contributed by atoms with Gasteiger partial charge in [-0.05, 0) is 6.07 Å². The molecule has 2 atom stereocenters. The van der Waals surface area contributed by atoms with E-state index in [2.05, 4.69) is 12.6 Å². The summed E-state index contributed by atoms with van der Waals surface area (Å²) in [7, 11) is 1.70. The van der Waals surface area contributed by atoms with Gasteiger partial charge in [0.15, 0.2) is 0 Å². The van der Waals surface area contributed by atoms with Gasteiger partial charge in [0.1, 0.15) is 18.5 Å². The second-order valence-electron chi connectivity index (χ2n) is 3.07. The van der Waals surface area contributed by atoms with Crippen LogP contribution >= 0.6 is 12.6 Å². The molecule has 2 rings (SSSR count). The number of thiol groups is 1. The molecule has 0 radical (unpaired) electrons. The predicted octanol–water partition coefficient (Wildman–Crippen LogP) is 2.06. The van der Waals surface area contributed by atoms with Crippen molar-refractivity contribution < 1.29 is 9.47 Å². The van der Waals surface area contributed by atoms with Crippen molar-refractivity contribution in [1.82, 2.24) is 0 Å². The van der Waals surface area contributed by atoms with Gasteiger partial charge in [-0.2, -0.15) is 12.6 Å². The molecule has 1 aliphatic heterocycles. The number of para-hydroxylation sites is 1. The van der Waals surface area contributed by atoms with Gasteiger partial charge in [0.2, 0.25) is 0 Å². The minimum Gasteiger partial charge on any atom is -0.492 e. The van der Waals surface area contributed by atoms with E-state index in [4.69, 9.17) is 9.47 Å². The van der Waals surface area contributed by atoms with Gasteiger partial charge in [-0.1, -0.05) is 18.2 Å². The Balaban J connectivity index is 2.39. The Morgan fingerprint density at radius 1 is 1.46 bits per heavy atom. The zero-order valence-corrected chi connectivity index (χ0v) is 8.33. The fourth-order valence-corrected chi connectivity index (χ4v) is 1.96. The Labute approximate surface area is 83.3 Å². The molecular weight excluding hydrogens is 184 g/mol. The Kier molecular flexibility index (Phi) is 2.47. The van der Waals surface area contributed by atoms with Crippen molar-refractivity contribution in [2.24, 2.45) is 0 Å². The predicted molar refractivity (Wildman–Crippen MR) is 54.5 cm³/mol. The molecule has 3 heteroatoms. The summed E-state index contributed by atoms with van der Waals surface area (Å²) >= 11 is 4.41. The largest absolute Gasteiger partial charge is 0.492 e. The highest BCUT2D eigenvalue weighted by Gasteiger charge is 2.27. The van der Waals surface area contributed by atoms with Crippen molar-refractivity contribution in [2.45, 2.75) is 11.4 Å². The first-order valence-corrected chi connectivity index (χ1v) is 4.77. The van der Waals surface area contributed by atoms with Crippen LogP contribution in [0.5, 0.6) is 5.75 Å². The first-order valence-electron chi connectivity index (χ1n) is 4.25. The number of fused-ring (bicyclic) bond motifs is 1. The number of hydrogen-bond donors (Lipinski definition) is 1. The summed E-state index contributed by atoms with van der Waals surface area (Å²) in [6.45, 7) is 0.610. The number of hydrogen-bond acceptors (Lipinski definition) is 3. The standard InChI is InChI=1S/C10H12O2S/c1-11-10-7-4-2-3-5-8(7)12-6-9(10)13/h2-5,9-10,13H,6H2,1H3/t9-,10+/m1/s1. The van der Waals surface area contributed by atoms with E-state index in [1.165, 1.54) is 0 Å². The van der Waals surface area contributed by atoms with Gasteiger partial charge < -0.3 is 9.47 Å². The van der Waals surface area contributed by atoms with Crippen LogP contribution in [0.15, 0.2) is 24.3 Å². The topological polar surface area (TPSA) is 18.5 Å². The van der Waals surface area contributed by atoms with Crippen molar-refractivity contribution in [3.8, 4) is 5.75 Å². The van der Waals surface area contributed by atoms with E-state index in [1.807, 2.05) is 24.3 Å². The van der Waals surface area contributed by atoms with Crippen LogP contribution in [-0.2, 0) is 4.74 Å². The Morgan fingerprint density at radius 3 is 3.00 bits per heavy atom. The van der Waals surface area contributed by atoms with E-state index >= 15 is 0 Å². The molecule has 13 heavy (non-hydrogen) atoms. The van der Waals surface area contributed by atoms with Gasteiger partial charge in [-0.3, -0.25) is 0 Å². The molecule has 0 aliphatic carbocycles. The Bertz CT molecular complexity index is 301. The van der Waals surface area contributed by atoms with Crippen LogP contribution in [0.3, 0.4) is 0 Å². The molecule has 1 aliphatic rings. The lowest BCUT2D eigenvalue weighted by Crippen LogP contribution is -2.27. The van der Waals surface area contributed by atoms with Crippen molar-refractivity contribution in [2.75, 3.05) is 13.7 Å². The number of methoxy groups -OCH3 is 1. The molecule has 1 aromatic carbocycles. The van der Waals surface area contributed by atoms with E-state index in [1.54, 1.807) is 7.11 Å². The number of ether oxygens (including phenoxy) is 2. The molecule has 1 heterocycles. The normalized spacial score (nSPS) is 26.3. The molecule has 0 spiro atoms. The van der Waals surface area contributed by atoms with E-state index < -0.39 is 0 Å². The van der Waals surface area contributed by atoms with Crippen LogP contribution in [0, 0.1) is 0 Å². The number of rotatable bonds is 1. The van der Waals surface area contributed by atoms with Crippen molar-refractivity contribution in [3.63, 3.8) is 0 Å². The van der Waals surface area contributed by atoms with Gasteiger partial charge in [0.25, 0.3) is 0 Å². The first kappa shape index (κ1) is 8.91. The first-order chi connectivity index (χ1) is 6.33. The third kappa shape index (κ3) is 1.54. The molecule has 0 amide bonds. The maximum Gasteiger partial charge on any atom is 0.125 e. The third-order valence-electron chi connectivity index (χ3n) is 2.24. The lowest BCUT2D eigenvalue weighted by molar-refractivity contribution is 0.0703. The maximum atomic E-state index is 5.51. The summed E-state index contributed by atoms with van der Waals surface area (Å²) in [5.41, 5.74) is 1.09. The van der Waals surface area contributed by atoms with Gasteiger partial charge in [-0.15, -0.1) is 0 Å². The van der Waals surface area contributed by atoms with Gasteiger partial charge >= 0.3 is 0 Å². The maximum absolute atomic E-state index is 5.51. The lowest BCUT2D eigenvalue weighted by atomic mass is 10.0. The average molecular weight is 196 g/mol. The van der Waals surface area contributed by atoms with Crippen LogP contribution in [0.25, 0.3) is 0 Å². The molecule has 2 nitrogen and oxygen atoms in total. The molecule has 0 bridgehead atoms. The summed E-state index contributed by atoms with van der Waals surface area (Å²) in [4.78, 5) is 0. The third-order valence-corrected chi connectivity index (χ3v) is 2.66. The summed E-state index contributed by atoms with van der Waals surface area (Å²) in [6.07, 6.45) is 0.0493. The molecule has 0 saturated heterocycles. The van der Waals surface area contributed by atoms with Crippen LogP contribution in [-0.4, -0.2) is 19.0 Å². The molecule has 70 valence electrons. The van der Waals surface area contributed by atoms with Gasteiger partial charge in [0.05, 0.1) is 5.25 Å². The van der Waals surface area contributed by atoms with Crippen LogP contribution < -0.4 is 4.74 Å². The Hall–Kier alpha value is -0.670. The molecule has 0 unspecified atom stereocenters. The minimum absolute atomic E-state index is 0.0493. The SMILES string of the molecule is CO[C@H]1c2ccccc2OC[C@H]1S. The van der Waals surface area contributed by atoms with Crippen molar-refractivity contribution in [1.29, 1.82) is 0 Å². The van der Waals surface area contributed by atoms with Crippen molar-refractivity contribution in [3.05, 3.63) is 29.8 Å².